The van der Waals surface area contributed by atoms with Crippen LogP contribution in [0.2, 0.25) is 5.02 Å². The van der Waals surface area contributed by atoms with Gasteiger partial charge in [0.05, 0.1) is 23.4 Å². The maximum Gasteiger partial charge on any atom is 0.256 e. The molecule has 2 amide bonds. The fourth-order valence-electron chi connectivity index (χ4n) is 4.40. The molecule has 1 aliphatic carbocycles. The van der Waals surface area contributed by atoms with Gasteiger partial charge in [-0.3, -0.25) is 9.59 Å². The summed E-state index contributed by atoms with van der Waals surface area (Å²) in [5, 5.41) is 9.22. The molecule has 0 N–H and O–H groups in total. The number of hydrogen-bond donors (Lipinski definition) is 0. The first-order valence-electron chi connectivity index (χ1n) is 12.1. The number of anilines is 1. The van der Waals surface area contributed by atoms with Crippen LogP contribution in [0.3, 0.4) is 0 Å². The van der Waals surface area contributed by atoms with Gasteiger partial charge in [-0.1, -0.05) is 35.9 Å². The van der Waals surface area contributed by atoms with Crippen molar-refractivity contribution < 1.29 is 14.3 Å². The molecule has 5 rings (SSSR count). The van der Waals surface area contributed by atoms with Crippen molar-refractivity contribution in [2.75, 3.05) is 44.7 Å². The number of amides is 2. The molecule has 1 aliphatic heterocycles. The van der Waals surface area contributed by atoms with Gasteiger partial charge in [0.25, 0.3) is 5.91 Å². The molecule has 1 aromatic heterocycles. The van der Waals surface area contributed by atoms with Crippen LogP contribution in [0, 0.1) is 0 Å². The highest BCUT2D eigenvalue weighted by molar-refractivity contribution is 6.33. The van der Waals surface area contributed by atoms with Crippen LogP contribution in [0.4, 0.5) is 5.82 Å². The molecule has 1 saturated heterocycles. The Morgan fingerprint density at radius 1 is 1.00 bits per heavy atom. The SMILES string of the molecule is COc1cccc(-c2ccc(N3CCN(C(=O)CN(C(=O)c4ccccc4Cl)C4CC4)CC3)nn2)c1. The lowest BCUT2D eigenvalue weighted by Gasteiger charge is -2.36. The number of benzene rings is 2. The number of methoxy groups -OCH3 is 1. The van der Waals surface area contributed by atoms with Crippen molar-refractivity contribution in [3.63, 3.8) is 0 Å². The van der Waals surface area contributed by atoms with E-state index in [4.69, 9.17) is 16.3 Å². The topological polar surface area (TPSA) is 78.9 Å². The highest BCUT2D eigenvalue weighted by Crippen LogP contribution is 2.30. The van der Waals surface area contributed by atoms with Crippen molar-refractivity contribution >= 4 is 29.2 Å². The van der Waals surface area contributed by atoms with Crippen molar-refractivity contribution in [3.05, 3.63) is 71.2 Å². The second kappa shape index (κ2) is 10.5. The fourth-order valence-corrected chi connectivity index (χ4v) is 4.62. The summed E-state index contributed by atoms with van der Waals surface area (Å²) in [6.07, 6.45) is 1.84. The largest absolute Gasteiger partial charge is 0.497 e. The van der Waals surface area contributed by atoms with E-state index in [1.54, 1.807) is 36.3 Å². The Kier molecular flexibility index (Phi) is 7.04. The van der Waals surface area contributed by atoms with Crippen LogP contribution in [0.1, 0.15) is 23.2 Å². The zero-order chi connectivity index (χ0) is 25.1. The molecule has 2 aliphatic rings. The molecule has 3 aromatic rings. The van der Waals surface area contributed by atoms with Gasteiger partial charge in [0.2, 0.25) is 5.91 Å². The zero-order valence-electron chi connectivity index (χ0n) is 20.1. The van der Waals surface area contributed by atoms with E-state index in [-0.39, 0.29) is 24.4 Å². The summed E-state index contributed by atoms with van der Waals surface area (Å²) in [5.41, 5.74) is 2.16. The van der Waals surface area contributed by atoms with Crippen molar-refractivity contribution in [3.8, 4) is 17.0 Å². The Balaban J connectivity index is 1.18. The van der Waals surface area contributed by atoms with Gasteiger partial charge in [0.1, 0.15) is 12.3 Å². The molecule has 9 heteroatoms. The van der Waals surface area contributed by atoms with Crippen LogP contribution in [0.25, 0.3) is 11.3 Å². The quantitative estimate of drug-likeness (QED) is 0.486. The first kappa shape index (κ1) is 24.1. The number of aromatic nitrogens is 2. The van der Waals surface area contributed by atoms with Crippen molar-refractivity contribution in [1.82, 2.24) is 20.0 Å². The van der Waals surface area contributed by atoms with Gasteiger partial charge in [0.15, 0.2) is 5.82 Å². The first-order valence-corrected chi connectivity index (χ1v) is 12.5. The number of nitrogens with zero attached hydrogens (tertiary/aromatic N) is 5. The second-order valence-electron chi connectivity index (χ2n) is 9.02. The minimum absolute atomic E-state index is 0.0404. The summed E-state index contributed by atoms with van der Waals surface area (Å²) in [6.45, 7) is 2.51. The van der Waals surface area contributed by atoms with E-state index in [0.29, 0.717) is 36.8 Å². The van der Waals surface area contributed by atoms with E-state index in [0.717, 1.165) is 35.7 Å². The molecule has 2 aromatic carbocycles. The van der Waals surface area contributed by atoms with Gasteiger partial charge in [-0.05, 0) is 49.2 Å². The Labute approximate surface area is 215 Å². The molecule has 0 unspecified atom stereocenters. The average molecular weight is 506 g/mol. The van der Waals surface area contributed by atoms with Crippen LogP contribution in [-0.2, 0) is 4.79 Å². The van der Waals surface area contributed by atoms with Gasteiger partial charge >= 0.3 is 0 Å². The van der Waals surface area contributed by atoms with Gasteiger partial charge in [-0.2, -0.15) is 0 Å². The van der Waals surface area contributed by atoms with Crippen LogP contribution >= 0.6 is 11.6 Å². The van der Waals surface area contributed by atoms with Gasteiger partial charge < -0.3 is 19.4 Å². The third-order valence-electron chi connectivity index (χ3n) is 6.63. The first-order chi connectivity index (χ1) is 17.5. The predicted molar refractivity (Wildman–Crippen MR) is 138 cm³/mol. The summed E-state index contributed by atoms with van der Waals surface area (Å²) >= 11 is 6.24. The van der Waals surface area contributed by atoms with E-state index >= 15 is 0 Å². The number of halogens is 1. The van der Waals surface area contributed by atoms with Crippen LogP contribution < -0.4 is 9.64 Å². The smallest absolute Gasteiger partial charge is 0.256 e. The minimum Gasteiger partial charge on any atom is -0.497 e. The van der Waals surface area contributed by atoms with Crippen LogP contribution in [-0.4, -0.2) is 77.7 Å². The molecular formula is C27H28ClN5O3. The molecular weight excluding hydrogens is 478 g/mol. The summed E-state index contributed by atoms with van der Waals surface area (Å²) < 4.78 is 5.29. The van der Waals surface area contributed by atoms with Crippen molar-refractivity contribution in [2.24, 2.45) is 0 Å². The molecule has 36 heavy (non-hydrogen) atoms. The minimum atomic E-state index is -0.179. The normalized spacial score (nSPS) is 15.5. The number of carbonyl (C=O) groups is 2. The summed E-state index contributed by atoms with van der Waals surface area (Å²) in [4.78, 5) is 31.8. The number of hydrogen-bond acceptors (Lipinski definition) is 6. The molecule has 0 radical (unpaired) electrons. The van der Waals surface area contributed by atoms with Gasteiger partial charge in [-0.25, -0.2) is 0 Å². The van der Waals surface area contributed by atoms with Crippen molar-refractivity contribution in [1.29, 1.82) is 0 Å². The fraction of sp³-hybridized carbons (Fsp3) is 0.333. The summed E-state index contributed by atoms with van der Waals surface area (Å²) in [7, 11) is 1.64. The highest BCUT2D eigenvalue weighted by atomic mass is 35.5. The lowest BCUT2D eigenvalue weighted by Crippen LogP contribution is -2.52. The second-order valence-corrected chi connectivity index (χ2v) is 9.43. The summed E-state index contributed by atoms with van der Waals surface area (Å²) in [5.74, 6) is 1.33. The van der Waals surface area contributed by atoms with E-state index in [9.17, 15) is 9.59 Å². The number of rotatable bonds is 7. The predicted octanol–water partition coefficient (Wildman–Crippen LogP) is 3.76. The number of carbonyl (C=O) groups excluding carboxylic acids is 2. The maximum atomic E-state index is 13.1. The third-order valence-corrected chi connectivity index (χ3v) is 6.96. The zero-order valence-corrected chi connectivity index (χ0v) is 20.9. The molecule has 1 saturated carbocycles. The lowest BCUT2D eigenvalue weighted by atomic mass is 10.1. The average Bonchev–Trinajstić information content (AvgIpc) is 3.77. The van der Waals surface area contributed by atoms with Gasteiger partial charge in [-0.15, -0.1) is 10.2 Å². The van der Waals surface area contributed by atoms with Crippen molar-refractivity contribution in [2.45, 2.75) is 18.9 Å². The van der Waals surface area contributed by atoms with E-state index < -0.39 is 0 Å². The highest BCUT2D eigenvalue weighted by Gasteiger charge is 2.36. The van der Waals surface area contributed by atoms with E-state index in [1.807, 2.05) is 41.3 Å². The number of piperazine rings is 1. The summed E-state index contributed by atoms with van der Waals surface area (Å²) in [6, 6.07) is 18.7. The molecule has 2 heterocycles. The molecule has 0 bridgehead atoms. The Bertz CT molecular complexity index is 1240. The maximum absolute atomic E-state index is 13.1. The standard InChI is InChI=1S/C27H28ClN5O3/c1-36-21-6-4-5-19(17-21)24-11-12-25(30-29-24)31-13-15-32(16-14-31)26(34)18-33(20-9-10-20)27(35)22-7-2-3-8-23(22)28/h2-8,11-12,17,20H,9-10,13-16,18H2,1H3. The molecule has 186 valence electrons. The molecule has 2 fully saturated rings. The Hall–Kier alpha value is -3.65. The van der Waals surface area contributed by atoms with Crippen LogP contribution in [0.5, 0.6) is 5.75 Å². The molecule has 0 spiro atoms. The monoisotopic (exact) mass is 505 g/mol. The Morgan fingerprint density at radius 3 is 2.44 bits per heavy atom. The Morgan fingerprint density at radius 2 is 1.78 bits per heavy atom. The molecule has 0 atom stereocenters. The third kappa shape index (κ3) is 5.28. The van der Waals surface area contributed by atoms with Gasteiger partial charge in [0, 0.05) is 37.8 Å². The number of ether oxygens (including phenoxy) is 1. The van der Waals surface area contributed by atoms with Crippen LogP contribution in [0.15, 0.2) is 60.7 Å². The van der Waals surface area contributed by atoms with E-state index in [1.165, 1.54) is 0 Å². The lowest BCUT2D eigenvalue weighted by molar-refractivity contribution is -0.132. The molecule has 8 nitrogen and oxygen atoms in total. The van der Waals surface area contributed by atoms with E-state index in [2.05, 4.69) is 15.1 Å².